The van der Waals surface area contributed by atoms with Crippen molar-refractivity contribution in [3.8, 4) is 11.1 Å². The van der Waals surface area contributed by atoms with Gasteiger partial charge >= 0.3 is 6.09 Å². The fourth-order valence-corrected chi connectivity index (χ4v) is 1.83. The van der Waals surface area contributed by atoms with Crippen LogP contribution < -0.4 is 5.32 Å². The van der Waals surface area contributed by atoms with Gasteiger partial charge in [-0.15, -0.1) is 0 Å². The van der Waals surface area contributed by atoms with Crippen LogP contribution in [0.4, 0.5) is 10.5 Å². The Labute approximate surface area is 106 Å². The summed E-state index contributed by atoms with van der Waals surface area (Å²) in [6.07, 6.45) is -0.461. The molecule has 3 nitrogen and oxygen atoms in total. The van der Waals surface area contributed by atoms with E-state index < -0.39 is 6.09 Å². The fourth-order valence-electron chi connectivity index (χ4n) is 1.83. The molecular formula is C15H15NO2. The molecule has 3 heteroatoms. The van der Waals surface area contributed by atoms with Crippen LogP contribution in [0.2, 0.25) is 0 Å². The lowest BCUT2D eigenvalue weighted by molar-refractivity contribution is 0.187. The molecule has 0 atom stereocenters. The Kier molecular flexibility index (Phi) is 3.63. The first-order valence-electron chi connectivity index (χ1n) is 5.72. The number of rotatable bonds is 2. The van der Waals surface area contributed by atoms with Crippen molar-refractivity contribution in [3.05, 3.63) is 54.1 Å². The van der Waals surface area contributed by atoms with E-state index in [1.165, 1.54) is 12.7 Å². The summed E-state index contributed by atoms with van der Waals surface area (Å²) in [5.74, 6) is 0. The molecule has 0 unspecified atom stereocenters. The lowest BCUT2D eigenvalue weighted by Crippen LogP contribution is -2.10. The number of hydrogen-bond acceptors (Lipinski definition) is 2. The predicted octanol–water partition coefficient (Wildman–Crippen LogP) is 3.84. The predicted molar refractivity (Wildman–Crippen MR) is 72.6 cm³/mol. The third-order valence-corrected chi connectivity index (χ3v) is 2.75. The van der Waals surface area contributed by atoms with E-state index in [1.54, 1.807) is 0 Å². The van der Waals surface area contributed by atoms with E-state index in [1.807, 2.05) is 36.4 Å². The van der Waals surface area contributed by atoms with E-state index in [0.29, 0.717) is 0 Å². The Morgan fingerprint density at radius 3 is 2.61 bits per heavy atom. The van der Waals surface area contributed by atoms with E-state index >= 15 is 0 Å². The number of amides is 1. The zero-order valence-corrected chi connectivity index (χ0v) is 10.4. The van der Waals surface area contributed by atoms with Crippen molar-refractivity contribution in [2.75, 3.05) is 12.4 Å². The SMILES string of the molecule is COC(=O)Nc1cccc(-c2ccccc2C)c1. The van der Waals surface area contributed by atoms with Gasteiger partial charge in [0.2, 0.25) is 0 Å². The van der Waals surface area contributed by atoms with Crippen LogP contribution in [0.25, 0.3) is 11.1 Å². The van der Waals surface area contributed by atoms with Gasteiger partial charge in [0.05, 0.1) is 7.11 Å². The maximum atomic E-state index is 11.2. The lowest BCUT2D eigenvalue weighted by Gasteiger charge is -2.08. The van der Waals surface area contributed by atoms with Crippen LogP contribution in [0.5, 0.6) is 0 Å². The van der Waals surface area contributed by atoms with E-state index in [2.05, 4.69) is 29.1 Å². The molecule has 1 N–H and O–H groups in total. The summed E-state index contributed by atoms with van der Waals surface area (Å²) in [6, 6.07) is 15.8. The Bertz CT molecular complexity index is 564. The molecule has 0 bridgehead atoms. The number of methoxy groups -OCH3 is 1. The summed E-state index contributed by atoms with van der Waals surface area (Å²) in [7, 11) is 1.35. The van der Waals surface area contributed by atoms with Gasteiger partial charge in [-0.2, -0.15) is 0 Å². The molecule has 0 saturated carbocycles. The second-order valence-corrected chi connectivity index (χ2v) is 4.01. The van der Waals surface area contributed by atoms with Gasteiger partial charge in [0.15, 0.2) is 0 Å². The van der Waals surface area contributed by atoms with Gasteiger partial charge in [-0.3, -0.25) is 5.32 Å². The van der Waals surface area contributed by atoms with Crippen LogP contribution in [-0.4, -0.2) is 13.2 Å². The number of aryl methyl sites for hydroxylation is 1. The van der Waals surface area contributed by atoms with Crippen molar-refractivity contribution < 1.29 is 9.53 Å². The fraction of sp³-hybridized carbons (Fsp3) is 0.133. The highest BCUT2D eigenvalue weighted by molar-refractivity contribution is 5.86. The minimum Gasteiger partial charge on any atom is -0.453 e. The Balaban J connectivity index is 2.33. The number of benzene rings is 2. The molecule has 0 aliphatic rings. The highest BCUT2D eigenvalue weighted by Gasteiger charge is 2.04. The van der Waals surface area contributed by atoms with Gasteiger partial charge in [0, 0.05) is 5.69 Å². The maximum Gasteiger partial charge on any atom is 0.411 e. The Hall–Kier alpha value is -2.29. The number of nitrogens with one attached hydrogen (secondary N) is 1. The second kappa shape index (κ2) is 5.36. The number of carbonyl (C=O) groups is 1. The summed E-state index contributed by atoms with van der Waals surface area (Å²) in [6.45, 7) is 2.07. The maximum absolute atomic E-state index is 11.2. The first-order valence-corrected chi connectivity index (χ1v) is 5.72. The molecule has 0 aliphatic carbocycles. The third kappa shape index (κ3) is 2.69. The van der Waals surface area contributed by atoms with Crippen LogP contribution in [-0.2, 0) is 4.74 Å². The minimum atomic E-state index is -0.461. The molecule has 2 aromatic carbocycles. The first-order chi connectivity index (χ1) is 8.70. The van der Waals surface area contributed by atoms with Crippen molar-refractivity contribution in [2.24, 2.45) is 0 Å². The molecule has 0 radical (unpaired) electrons. The molecule has 0 spiro atoms. The van der Waals surface area contributed by atoms with E-state index in [-0.39, 0.29) is 0 Å². The van der Waals surface area contributed by atoms with Crippen molar-refractivity contribution in [1.82, 2.24) is 0 Å². The van der Waals surface area contributed by atoms with Gasteiger partial charge in [-0.1, -0.05) is 36.4 Å². The zero-order chi connectivity index (χ0) is 13.0. The first kappa shape index (κ1) is 12.2. The van der Waals surface area contributed by atoms with E-state index in [0.717, 1.165) is 16.8 Å². The Morgan fingerprint density at radius 2 is 1.89 bits per heavy atom. The van der Waals surface area contributed by atoms with Crippen LogP contribution in [0.3, 0.4) is 0 Å². The minimum absolute atomic E-state index is 0.461. The average Bonchev–Trinajstić information content (AvgIpc) is 2.39. The van der Waals surface area contributed by atoms with Crippen molar-refractivity contribution in [1.29, 1.82) is 0 Å². The average molecular weight is 241 g/mol. The van der Waals surface area contributed by atoms with Crippen LogP contribution in [0, 0.1) is 6.92 Å². The smallest absolute Gasteiger partial charge is 0.411 e. The molecular weight excluding hydrogens is 226 g/mol. The summed E-state index contributed by atoms with van der Waals surface area (Å²) < 4.78 is 4.57. The summed E-state index contributed by atoms with van der Waals surface area (Å²) in [4.78, 5) is 11.2. The molecule has 0 fully saturated rings. The normalized spacial score (nSPS) is 9.89. The summed E-state index contributed by atoms with van der Waals surface area (Å²) in [5, 5.41) is 2.66. The van der Waals surface area contributed by atoms with E-state index in [4.69, 9.17) is 0 Å². The quantitative estimate of drug-likeness (QED) is 0.867. The second-order valence-electron chi connectivity index (χ2n) is 4.01. The number of ether oxygens (including phenoxy) is 1. The van der Waals surface area contributed by atoms with Crippen molar-refractivity contribution in [2.45, 2.75) is 6.92 Å². The number of anilines is 1. The molecule has 92 valence electrons. The zero-order valence-electron chi connectivity index (χ0n) is 10.4. The summed E-state index contributed by atoms with van der Waals surface area (Å²) >= 11 is 0. The highest BCUT2D eigenvalue weighted by Crippen LogP contribution is 2.25. The molecule has 1 amide bonds. The Morgan fingerprint density at radius 1 is 1.11 bits per heavy atom. The van der Waals surface area contributed by atoms with Crippen molar-refractivity contribution >= 4 is 11.8 Å². The molecule has 2 rings (SSSR count). The molecule has 2 aromatic rings. The number of carbonyl (C=O) groups excluding carboxylic acids is 1. The monoisotopic (exact) mass is 241 g/mol. The van der Waals surface area contributed by atoms with Gasteiger partial charge in [0.25, 0.3) is 0 Å². The number of hydrogen-bond donors (Lipinski definition) is 1. The van der Waals surface area contributed by atoms with Gasteiger partial charge in [0.1, 0.15) is 0 Å². The topological polar surface area (TPSA) is 38.3 Å². The highest BCUT2D eigenvalue weighted by atomic mass is 16.5. The molecule has 0 aromatic heterocycles. The van der Waals surface area contributed by atoms with Crippen LogP contribution >= 0.6 is 0 Å². The van der Waals surface area contributed by atoms with E-state index in [9.17, 15) is 4.79 Å². The summed E-state index contributed by atoms with van der Waals surface area (Å²) in [5.41, 5.74) is 4.16. The largest absolute Gasteiger partial charge is 0.453 e. The third-order valence-electron chi connectivity index (χ3n) is 2.75. The molecule has 0 heterocycles. The molecule has 18 heavy (non-hydrogen) atoms. The van der Waals surface area contributed by atoms with Gasteiger partial charge < -0.3 is 4.74 Å². The molecule has 0 saturated heterocycles. The van der Waals surface area contributed by atoms with Crippen LogP contribution in [0.1, 0.15) is 5.56 Å². The standard InChI is InChI=1S/C15H15NO2/c1-11-6-3-4-9-14(11)12-7-5-8-13(10-12)16-15(17)18-2/h3-10H,1-2H3,(H,16,17). The van der Waals surface area contributed by atoms with Gasteiger partial charge in [-0.25, -0.2) is 4.79 Å². The van der Waals surface area contributed by atoms with Crippen LogP contribution in [0.15, 0.2) is 48.5 Å². The molecule has 0 aliphatic heterocycles. The van der Waals surface area contributed by atoms with Crippen molar-refractivity contribution in [3.63, 3.8) is 0 Å². The lowest BCUT2D eigenvalue weighted by atomic mass is 10.0. The van der Waals surface area contributed by atoms with Gasteiger partial charge in [-0.05, 0) is 35.7 Å².